The topological polar surface area (TPSA) is 75.3 Å². The molecule has 5 nitrogen and oxygen atoms in total. The zero-order valence-electron chi connectivity index (χ0n) is 18.0. The Kier molecular flexibility index (Phi) is 6.13. The molecule has 0 aliphatic rings. The first-order chi connectivity index (χ1) is 15.9. The molecular formula is C24H19F3N2O3S2. The minimum absolute atomic E-state index is 0.129. The summed E-state index contributed by atoms with van der Waals surface area (Å²) < 4.78 is 67.2. The molecule has 2 N–H and O–H groups in total. The van der Waals surface area contributed by atoms with Crippen molar-refractivity contribution in [2.45, 2.75) is 24.9 Å². The van der Waals surface area contributed by atoms with Crippen molar-refractivity contribution in [1.82, 2.24) is 0 Å². The predicted molar refractivity (Wildman–Crippen MR) is 128 cm³/mol. The van der Waals surface area contributed by atoms with E-state index in [0.717, 1.165) is 29.0 Å². The molecule has 1 heterocycles. The van der Waals surface area contributed by atoms with Gasteiger partial charge in [-0.3, -0.25) is 9.52 Å². The molecule has 0 aliphatic heterocycles. The number of carbonyl (C=O) groups is 1. The number of alkyl halides is 3. The molecule has 0 aliphatic carbocycles. The molecule has 0 atom stereocenters. The second kappa shape index (κ2) is 8.77. The van der Waals surface area contributed by atoms with Crippen molar-refractivity contribution in [1.29, 1.82) is 0 Å². The van der Waals surface area contributed by atoms with Crippen LogP contribution in [-0.2, 0) is 16.2 Å². The number of benzene rings is 3. The fourth-order valence-corrected chi connectivity index (χ4v) is 5.50. The molecule has 0 radical (unpaired) electrons. The molecule has 0 unspecified atom stereocenters. The Labute approximate surface area is 198 Å². The Hall–Kier alpha value is -3.37. The van der Waals surface area contributed by atoms with E-state index in [1.54, 1.807) is 19.1 Å². The van der Waals surface area contributed by atoms with Crippen LogP contribution in [-0.4, -0.2) is 14.3 Å². The number of sulfonamides is 1. The highest BCUT2D eigenvalue weighted by atomic mass is 32.2. The van der Waals surface area contributed by atoms with Crippen LogP contribution in [0.2, 0.25) is 0 Å². The number of amides is 1. The number of halogens is 3. The quantitative estimate of drug-likeness (QED) is 0.322. The monoisotopic (exact) mass is 504 g/mol. The van der Waals surface area contributed by atoms with Gasteiger partial charge in [-0.05, 0) is 79.4 Å². The van der Waals surface area contributed by atoms with Crippen LogP contribution in [0.4, 0.5) is 24.5 Å². The molecule has 0 saturated heterocycles. The first-order valence-electron chi connectivity index (χ1n) is 10.1. The smallest absolute Gasteiger partial charge is 0.321 e. The Bertz CT molecular complexity index is 1480. The van der Waals surface area contributed by atoms with Crippen LogP contribution in [0.1, 0.15) is 26.4 Å². The van der Waals surface area contributed by atoms with Crippen molar-refractivity contribution in [2.75, 3.05) is 10.0 Å². The van der Waals surface area contributed by atoms with Gasteiger partial charge in [-0.2, -0.15) is 13.2 Å². The average Bonchev–Trinajstić information content (AvgIpc) is 3.11. The van der Waals surface area contributed by atoms with Crippen LogP contribution < -0.4 is 10.0 Å². The largest absolute Gasteiger partial charge is 0.416 e. The molecule has 3 aromatic carbocycles. The van der Waals surface area contributed by atoms with Crippen LogP contribution in [0.5, 0.6) is 0 Å². The molecule has 4 aromatic rings. The number of hydrogen-bond donors (Lipinski definition) is 2. The Morgan fingerprint density at radius 2 is 1.50 bits per heavy atom. The third-order valence-electron chi connectivity index (χ3n) is 5.20. The SMILES string of the molecule is Cc1ccc(S(=O)(=O)Nc2ccc(NC(=O)c3sc4ccc(C(F)(F)F)cc4c3C)cc2)cc1. The average molecular weight is 505 g/mol. The van der Waals surface area contributed by atoms with Crippen LogP contribution in [0.3, 0.4) is 0 Å². The van der Waals surface area contributed by atoms with E-state index in [0.29, 0.717) is 31.9 Å². The van der Waals surface area contributed by atoms with Gasteiger partial charge in [0.1, 0.15) is 0 Å². The Morgan fingerprint density at radius 3 is 2.12 bits per heavy atom. The molecule has 0 saturated carbocycles. The summed E-state index contributed by atoms with van der Waals surface area (Å²) in [6, 6.07) is 15.9. The van der Waals surface area contributed by atoms with E-state index in [9.17, 15) is 26.4 Å². The van der Waals surface area contributed by atoms with Gasteiger partial charge >= 0.3 is 6.18 Å². The lowest BCUT2D eigenvalue weighted by Crippen LogP contribution is -2.13. The zero-order chi connectivity index (χ0) is 24.7. The number of aryl methyl sites for hydroxylation is 2. The van der Waals surface area contributed by atoms with Crippen molar-refractivity contribution in [3.63, 3.8) is 0 Å². The summed E-state index contributed by atoms with van der Waals surface area (Å²) in [7, 11) is -3.76. The third-order valence-corrected chi connectivity index (χ3v) is 7.86. The number of hydrogen-bond acceptors (Lipinski definition) is 4. The van der Waals surface area contributed by atoms with Crippen molar-refractivity contribution in [3.05, 3.63) is 88.3 Å². The molecule has 4 rings (SSSR count). The third kappa shape index (κ3) is 4.92. The number of carbonyl (C=O) groups excluding carboxylic acids is 1. The first-order valence-corrected chi connectivity index (χ1v) is 12.4. The zero-order valence-corrected chi connectivity index (χ0v) is 19.7. The normalized spacial score (nSPS) is 12.0. The van der Waals surface area contributed by atoms with Gasteiger partial charge in [0.2, 0.25) is 0 Å². The molecule has 176 valence electrons. The van der Waals surface area contributed by atoms with E-state index in [1.165, 1.54) is 42.5 Å². The predicted octanol–water partition coefficient (Wildman–Crippen LogP) is 6.59. The second-order valence-electron chi connectivity index (χ2n) is 7.71. The minimum atomic E-state index is -4.46. The van der Waals surface area contributed by atoms with Gasteiger partial charge in [-0.1, -0.05) is 17.7 Å². The number of thiophene rings is 1. The summed E-state index contributed by atoms with van der Waals surface area (Å²) >= 11 is 1.11. The molecule has 0 fully saturated rings. The minimum Gasteiger partial charge on any atom is -0.321 e. The standard InChI is InChI=1S/C24H19F3N2O3S2/c1-14-3-10-19(11-4-14)34(31,32)29-18-8-6-17(7-9-18)28-23(30)22-15(2)20-13-16(24(25,26)27)5-12-21(20)33-22/h3-13,29H,1-2H3,(H,28,30). The van der Waals surface area contributed by atoms with Crippen LogP contribution >= 0.6 is 11.3 Å². The van der Waals surface area contributed by atoms with Crippen molar-refractivity contribution < 1.29 is 26.4 Å². The first kappa shape index (κ1) is 23.8. The van der Waals surface area contributed by atoms with Gasteiger partial charge in [0.25, 0.3) is 15.9 Å². The number of anilines is 2. The van der Waals surface area contributed by atoms with Gasteiger partial charge in [0, 0.05) is 16.1 Å². The van der Waals surface area contributed by atoms with Gasteiger partial charge in [-0.15, -0.1) is 11.3 Å². The van der Waals surface area contributed by atoms with Crippen molar-refractivity contribution in [2.24, 2.45) is 0 Å². The van der Waals surface area contributed by atoms with E-state index in [-0.39, 0.29) is 4.90 Å². The molecule has 1 amide bonds. The van der Waals surface area contributed by atoms with Gasteiger partial charge in [0.05, 0.1) is 15.3 Å². The Balaban J connectivity index is 1.50. The maximum absolute atomic E-state index is 13.0. The van der Waals surface area contributed by atoms with E-state index in [1.807, 2.05) is 6.92 Å². The van der Waals surface area contributed by atoms with Gasteiger partial charge < -0.3 is 5.32 Å². The lowest BCUT2D eigenvalue weighted by atomic mass is 10.1. The molecule has 0 bridgehead atoms. The summed E-state index contributed by atoms with van der Waals surface area (Å²) in [4.78, 5) is 13.2. The fourth-order valence-electron chi connectivity index (χ4n) is 3.35. The van der Waals surface area contributed by atoms with Crippen molar-refractivity contribution >= 4 is 48.7 Å². The summed E-state index contributed by atoms with van der Waals surface area (Å²) in [6.45, 7) is 3.47. The summed E-state index contributed by atoms with van der Waals surface area (Å²) in [5.41, 5.74) is 1.36. The molecule has 10 heteroatoms. The lowest BCUT2D eigenvalue weighted by molar-refractivity contribution is -0.137. The fraction of sp³-hybridized carbons (Fsp3) is 0.125. The Morgan fingerprint density at radius 1 is 0.882 bits per heavy atom. The highest BCUT2D eigenvalue weighted by Crippen LogP contribution is 2.37. The van der Waals surface area contributed by atoms with E-state index >= 15 is 0 Å². The highest BCUT2D eigenvalue weighted by Gasteiger charge is 2.31. The number of rotatable bonds is 5. The molecule has 0 spiro atoms. The van der Waals surface area contributed by atoms with Crippen LogP contribution in [0.15, 0.2) is 71.6 Å². The maximum Gasteiger partial charge on any atom is 0.416 e. The number of fused-ring (bicyclic) bond motifs is 1. The van der Waals surface area contributed by atoms with E-state index in [2.05, 4.69) is 10.0 Å². The summed E-state index contributed by atoms with van der Waals surface area (Å²) in [5.74, 6) is -0.458. The summed E-state index contributed by atoms with van der Waals surface area (Å²) in [5, 5.41) is 3.09. The van der Waals surface area contributed by atoms with Crippen LogP contribution in [0, 0.1) is 13.8 Å². The van der Waals surface area contributed by atoms with Gasteiger partial charge in [-0.25, -0.2) is 8.42 Å². The maximum atomic E-state index is 13.0. The van der Waals surface area contributed by atoms with Gasteiger partial charge in [0.15, 0.2) is 0 Å². The molecule has 1 aromatic heterocycles. The number of nitrogens with one attached hydrogen (secondary N) is 2. The van der Waals surface area contributed by atoms with E-state index < -0.39 is 27.7 Å². The summed E-state index contributed by atoms with van der Waals surface area (Å²) in [6.07, 6.45) is -4.46. The van der Waals surface area contributed by atoms with E-state index in [4.69, 9.17) is 0 Å². The molecule has 34 heavy (non-hydrogen) atoms. The molecular weight excluding hydrogens is 485 g/mol. The van der Waals surface area contributed by atoms with Crippen LogP contribution in [0.25, 0.3) is 10.1 Å². The second-order valence-corrected chi connectivity index (χ2v) is 10.4. The highest BCUT2D eigenvalue weighted by molar-refractivity contribution is 7.92. The van der Waals surface area contributed by atoms with Crippen molar-refractivity contribution in [3.8, 4) is 0 Å². The lowest BCUT2D eigenvalue weighted by Gasteiger charge is -2.10.